The zero-order valence-electron chi connectivity index (χ0n) is 19.6. The van der Waals surface area contributed by atoms with Gasteiger partial charge in [0.2, 0.25) is 5.95 Å². The summed E-state index contributed by atoms with van der Waals surface area (Å²) in [6, 6.07) is 10.6. The summed E-state index contributed by atoms with van der Waals surface area (Å²) in [4.78, 5) is 14.5. The fourth-order valence-corrected chi connectivity index (χ4v) is 4.63. The number of rotatable bonds is 5. The van der Waals surface area contributed by atoms with Crippen LogP contribution in [0.25, 0.3) is 0 Å². The second-order valence-corrected chi connectivity index (χ2v) is 9.97. The third kappa shape index (κ3) is 6.09. The summed E-state index contributed by atoms with van der Waals surface area (Å²) in [6.45, 7) is 11.6. The third-order valence-corrected chi connectivity index (χ3v) is 6.83. The van der Waals surface area contributed by atoms with E-state index in [1.54, 1.807) is 0 Å². The summed E-state index contributed by atoms with van der Waals surface area (Å²) in [5, 5.41) is 7.09. The van der Waals surface area contributed by atoms with Crippen LogP contribution in [-0.4, -0.2) is 41.3 Å². The van der Waals surface area contributed by atoms with E-state index < -0.39 is 0 Å². The lowest BCUT2D eigenvalue weighted by Gasteiger charge is -2.34. The minimum Gasteiger partial charge on any atom is -0.358 e. The number of thiocarbonyl (C=S) groups is 1. The molecular weight excluding hydrogens is 416 g/mol. The van der Waals surface area contributed by atoms with Gasteiger partial charge in [0, 0.05) is 38.8 Å². The van der Waals surface area contributed by atoms with E-state index in [0.717, 1.165) is 43.7 Å². The number of aromatic nitrogens is 2. The molecule has 6 nitrogen and oxygen atoms in total. The van der Waals surface area contributed by atoms with Crippen molar-refractivity contribution in [2.75, 3.05) is 41.3 Å². The molecule has 3 heterocycles. The molecular formula is C25H36N6S. The SMILES string of the molecule is Cc1ccc(CNC(=S)Nc2nc(N3CCC(C)CC3)cc(N3CCC[C@@H](C)C3)n2)cc1. The van der Waals surface area contributed by atoms with E-state index in [2.05, 4.69) is 71.5 Å². The van der Waals surface area contributed by atoms with Gasteiger partial charge in [-0.05, 0) is 62.2 Å². The maximum absolute atomic E-state index is 5.57. The fourth-order valence-electron chi connectivity index (χ4n) is 4.47. The van der Waals surface area contributed by atoms with E-state index in [4.69, 9.17) is 22.2 Å². The minimum absolute atomic E-state index is 0.549. The number of hydrogen-bond donors (Lipinski definition) is 2. The fraction of sp³-hybridized carbons (Fsp3) is 0.560. The summed E-state index contributed by atoms with van der Waals surface area (Å²) >= 11 is 5.57. The van der Waals surface area contributed by atoms with Gasteiger partial charge < -0.3 is 20.4 Å². The molecule has 0 spiro atoms. The molecule has 2 aromatic rings. The van der Waals surface area contributed by atoms with E-state index in [9.17, 15) is 0 Å². The first-order chi connectivity index (χ1) is 15.5. The molecule has 2 aliphatic heterocycles. The minimum atomic E-state index is 0.549. The number of benzene rings is 1. The number of piperidine rings is 2. The normalized spacial score (nSPS) is 19.7. The highest BCUT2D eigenvalue weighted by molar-refractivity contribution is 7.80. The Bertz CT molecular complexity index is 907. The Hall–Kier alpha value is -2.41. The van der Waals surface area contributed by atoms with Crippen LogP contribution >= 0.6 is 12.2 Å². The van der Waals surface area contributed by atoms with Crippen LogP contribution in [0.4, 0.5) is 17.6 Å². The van der Waals surface area contributed by atoms with Crippen molar-refractivity contribution in [3.05, 3.63) is 41.5 Å². The molecule has 2 aliphatic rings. The monoisotopic (exact) mass is 452 g/mol. The highest BCUT2D eigenvalue weighted by Crippen LogP contribution is 2.28. The highest BCUT2D eigenvalue weighted by Gasteiger charge is 2.22. The predicted octanol–water partition coefficient (Wildman–Crippen LogP) is 4.74. The molecule has 0 saturated carbocycles. The van der Waals surface area contributed by atoms with Crippen molar-refractivity contribution in [2.24, 2.45) is 11.8 Å². The molecule has 0 aliphatic carbocycles. The van der Waals surface area contributed by atoms with Crippen LogP contribution in [0, 0.1) is 18.8 Å². The van der Waals surface area contributed by atoms with E-state index in [1.807, 2.05) is 0 Å². The highest BCUT2D eigenvalue weighted by atomic mass is 32.1. The van der Waals surface area contributed by atoms with E-state index >= 15 is 0 Å². The van der Waals surface area contributed by atoms with Gasteiger partial charge in [-0.2, -0.15) is 9.97 Å². The summed E-state index contributed by atoms with van der Waals surface area (Å²) in [7, 11) is 0. The lowest BCUT2D eigenvalue weighted by Crippen LogP contribution is -2.37. The molecule has 1 aromatic heterocycles. The Kier molecular flexibility index (Phi) is 7.45. The van der Waals surface area contributed by atoms with Crippen LogP contribution in [0.2, 0.25) is 0 Å². The van der Waals surface area contributed by atoms with Crippen LogP contribution in [0.15, 0.2) is 30.3 Å². The topological polar surface area (TPSA) is 56.3 Å². The van der Waals surface area contributed by atoms with Gasteiger partial charge in [-0.25, -0.2) is 0 Å². The first-order valence-corrected chi connectivity index (χ1v) is 12.4. The maximum atomic E-state index is 5.57. The van der Waals surface area contributed by atoms with Crippen LogP contribution < -0.4 is 20.4 Å². The first-order valence-electron chi connectivity index (χ1n) is 12.0. The molecule has 0 unspecified atom stereocenters. The zero-order valence-corrected chi connectivity index (χ0v) is 20.4. The molecule has 7 heteroatoms. The van der Waals surface area contributed by atoms with Crippen molar-refractivity contribution >= 4 is 34.9 Å². The Morgan fingerprint density at radius 1 is 0.969 bits per heavy atom. The van der Waals surface area contributed by atoms with Crippen LogP contribution in [-0.2, 0) is 6.54 Å². The molecule has 2 fully saturated rings. The quantitative estimate of drug-likeness (QED) is 0.635. The Labute approximate surface area is 197 Å². The van der Waals surface area contributed by atoms with E-state index in [-0.39, 0.29) is 0 Å². The lowest BCUT2D eigenvalue weighted by molar-refractivity contribution is 0.435. The molecule has 2 saturated heterocycles. The van der Waals surface area contributed by atoms with Gasteiger partial charge in [-0.1, -0.05) is 43.7 Å². The summed E-state index contributed by atoms with van der Waals surface area (Å²) in [5.41, 5.74) is 2.45. The molecule has 1 aromatic carbocycles. The third-order valence-electron chi connectivity index (χ3n) is 6.59. The molecule has 0 radical (unpaired) electrons. The molecule has 0 amide bonds. The zero-order chi connectivity index (χ0) is 22.5. The Morgan fingerprint density at radius 3 is 2.34 bits per heavy atom. The van der Waals surface area contributed by atoms with Crippen molar-refractivity contribution in [3.63, 3.8) is 0 Å². The molecule has 1 atom stereocenters. The summed E-state index contributed by atoms with van der Waals surface area (Å²) < 4.78 is 0. The molecule has 32 heavy (non-hydrogen) atoms. The average Bonchev–Trinajstić information content (AvgIpc) is 2.79. The number of hydrogen-bond acceptors (Lipinski definition) is 5. The smallest absolute Gasteiger partial charge is 0.232 e. The van der Waals surface area contributed by atoms with Gasteiger partial charge in [-0.3, -0.25) is 0 Å². The predicted molar refractivity (Wildman–Crippen MR) is 137 cm³/mol. The van der Waals surface area contributed by atoms with E-state index in [1.165, 1.54) is 36.8 Å². The lowest BCUT2D eigenvalue weighted by atomic mass is 9.99. The number of nitrogens with zero attached hydrogens (tertiary/aromatic N) is 4. The van der Waals surface area contributed by atoms with Crippen LogP contribution in [0.3, 0.4) is 0 Å². The average molecular weight is 453 g/mol. The van der Waals surface area contributed by atoms with Crippen molar-refractivity contribution in [2.45, 2.75) is 53.0 Å². The van der Waals surface area contributed by atoms with Crippen LogP contribution in [0.5, 0.6) is 0 Å². The van der Waals surface area contributed by atoms with Gasteiger partial charge in [0.15, 0.2) is 5.11 Å². The van der Waals surface area contributed by atoms with Crippen molar-refractivity contribution in [1.82, 2.24) is 15.3 Å². The molecule has 4 rings (SSSR count). The molecule has 2 N–H and O–H groups in total. The number of anilines is 3. The standard InChI is InChI=1S/C25H36N6S/c1-18-6-8-21(9-7-18)16-26-25(32)29-24-27-22(30-13-10-19(2)11-14-30)15-23(28-24)31-12-4-5-20(3)17-31/h6-9,15,19-20H,4-5,10-14,16-17H2,1-3H3,(H2,26,27,28,29,32)/t20-/m1/s1. The van der Waals surface area contributed by atoms with Crippen molar-refractivity contribution < 1.29 is 0 Å². The van der Waals surface area contributed by atoms with Gasteiger partial charge >= 0.3 is 0 Å². The summed E-state index contributed by atoms with van der Waals surface area (Å²) in [5.74, 6) is 4.06. The Morgan fingerprint density at radius 2 is 1.66 bits per heavy atom. The van der Waals surface area contributed by atoms with Gasteiger partial charge in [-0.15, -0.1) is 0 Å². The van der Waals surface area contributed by atoms with E-state index in [0.29, 0.717) is 23.5 Å². The first kappa shape index (κ1) is 22.8. The molecule has 172 valence electrons. The number of nitrogens with one attached hydrogen (secondary N) is 2. The number of aryl methyl sites for hydroxylation is 1. The van der Waals surface area contributed by atoms with Gasteiger partial charge in [0.25, 0.3) is 0 Å². The van der Waals surface area contributed by atoms with Gasteiger partial charge in [0.1, 0.15) is 11.6 Å². The maximum Gasteiger partial charge on any atom is 0.232 e. The van der Waals surface area contributed by atoms with Crippen molar-refractivity contribution in [3.8, 4) is 0 Å². The van der Waals surface area contributed by atoms with Gasteiger partial charge in [0.05, 0.1) is 0 Å². The van der Waals surface area contributed by atoms with Crippen LogP contribution in [0.1, 0.15) is 50.7 Å². The Balaban J connectivity index is 1.48. The van der Waals surface area contributed by atoms with Crippen molar-refractivity contribution in [1.29, 1.82) is 0 Å². The summed E-state index contributed by atoms with van der Waals surface area (Å²) in [6.07, 6.45) is 4.91. The molecule has 0 bridgehead atoms. The second-order valence-electron chi connectivity index (χ2n) is 9.56. The largest absolute Gasteiger partial charge is 0.358 e. The second kappa shape index (κ2) is 10.5.